The first-order valence-corrected chi connectivity index (χ1v) is 9.49. The maximum Gasteiger partial charge on any atom is 0.253 e. The van der Waals surface area contributed by atoms with Crippen molar-refractivity contribution in [3.05, 3.63) is 83.7 Å². The first-order valence-electron chi connectivity index (χ1n) is 9.49. The molecule has 1 amide bonds. The van der Waals surface area contributed by atoms with Gasteiger partial charge in [-0.3, -0.25) is 4.79 Å². The fourth-order valence-electron chi connectivity index (χ4n) is 3.52. The van der Waals surface area contributed by atoms with Gasteiger partial charge in [0.15, 0.2) is 0 Å². The van der Waals surface area contributed by atoms with E-state index >= 15 is 0 Å². The molecule has 0 radical (unpaired) electrons. The number of nitrogens with zero attached hydrogens (tertiary/aromatic N) is 3. The zero-order valence-electron chi connectivity index (χ0n) is 15.7. The minimum Gasteiger partial charge on any atom is -0.338 e. The van der Waals surface area contributed by atoms with Gasteiger partial charge in [-0.2, -0.15) is 0 Å². The second-order valence-corrected chi connectivity index (χ2v) is 7.01. The summed E-state index contributed by atoms with van der Waals surface area (Å²) in [6.45, 7) is 1.17. The third-order valence-corrected chi connectivity index (χ3v) is 5.02. The molecule has 1 atom stereocenters. The number of amides is 1. The van der Waals surface area contributed by atoms with Gasteiger partial charge in [-0.15, -0.1) is 0 Å². The number of nitrogens with one attached hydrogen (secondary N) is 1. The molecule has 1 aliphatic rings. The van der Waals surface area contributed by atoms with Gasteiger partial charge >= 0.3 is 0 Å². The molecule has 1 fully saturated rings. The second-order valence-electron chi connectivity index (χ2n) is 7.01. The fourth-order valence-corrected chi connectivity index (χ4v) is 3.52. The third-order valence-electron chi connectivity index (χ3n) is 5.02. The average Bonchev–Trinajstić information content (AvgIpc) is 2.76. The third kappa shape index (κ3) is 4.39. The van der Waals surface area contributed by atoms with Crippen molar-refractivity contribution in [2.45, 2.75) is 18.8 Å². The Morgan fingerprint density at radius 3 is 2.66 bits per heavy atom. The monoisotopic (exact) mass is 394 g/mol. The molecule has 2 heterocycles. The predicted molar refractivity (Wildman–Crippen MR) is 106 cm³/mol. The Hall–Kier alpha value is -3.35. The van der Waals surface area contributed by atoms with Crippen molar-refractivity contribution in [3.8, 4) is 0 Å². The number of para-hydroxylation sites is 1. The van der Waals surface area contributed by atoms with Gasteiger partial charge in [0.25, 0.3) is 5.91 Å². The molecular weight excluding hydrogens is 374 g/mol. The Balaban J connectivity index is 1.49. The maximum atomic E-state index is 13.9. The van der Waals surface area contributed by atoms with E-state index in [0.717, 1.165) is 18.5 Å². The molecular formula is C22H20F2N4O. The topological polar surface area (TPSA) is 58.1 Å². The molecule has 1 aliphatic heterocycles. The van der Waals surface area contributed by atoms with Crippen molar-refractivity contribution in [1.82, 2.24) is 14.9 Å². The van der Waals surface area contributed by atoms with E-state index in [1.807, 2.05) is 6.07 Å². The van der Waals surface area contributed by atoms with Gasteiger partial charge in [0.05, 0.1) is 11.4 Å². The van der Waals surface area contributed by atoms with Crippen LogP contribution in [-0.2, 0) is 0 Å². The number of piperidine rings is 1. The lowest BCUT2D eigenvalue weighted by molar-refractivity contribution is 0.0706. The number of carbonyl (C=O) groups excluding carboxylic acids is 1. The standard InChI is InChI=1S/C22H20F2N4O/c23-17-9-7-15(8-10-17)21(29)28-13-3-4-16(14-28)19-11-12-25-22(26-19)27-20-6-2-1-5-18(20)24/h1-2,5-12,16H,3-4,13-14H2,(H,25,26,27). The molecule has 5 nitrogen and oxygen atoms in total. The van der Waals surface area contributed by atoms with Gasteiger partial charge in [-0.25, -0.2) is 18.7 Å². The molecule has 29 heavy (non-hydrogen) atoms. The van der Waals surface area contributed by atoms with Gasteiger partial charge in [0.1, 0.15) is 11.6 Å². The SMILES string of the molecule is O=C(c1ccc(F)cc1)N1CCCC(c2ccnc(Nc3ccccc3F)n2)C1. The van der Waals surface area contributed by atoms with E-state index < -0.39 is 0 Å². The van der Waals surface area contributed by atoms with Gasteiger partial charge in [0.2, 0.25) is 5.95 Å². The van der Waals surface area contributed by atoms with E-state index in [9.17, 15) is 13.6 Å². The van der Waals surface area contributed by atoms with Gasteiger partial charge in [-0.05, 0) is 55.3 Å². The molecule has 148 valence electrons. The Morgan fingerprint density at radius 2 is 1.86 bits per heavy atom. The van der Waals surface area contributed by atoms with Crippen molar-refractivity contribution in [3.63, 3.8) is 0 Å². The summed E-state index contributed by atoms with van der Waals surface area (Å²) < 4.78 is 27.0. The van der Waals surface area contributed by atoms with Crippen LogP contribution in [0.15, 0.2) is 60.8 Å². The highest BCUT2D eigenvalue weighted by Gasteiger charge is 2.26. The summed E-state index contributed by atoms with van der Waals surface area (Å²) in [5.41, 5.74) is 1.58. The quantitative estimate of drug-likeness (QED) is 0.707. The number of likely N-dealkylation sites (tertiary alicyclic amines) is 1. The Morgan fingerprint density at radius 1 is 1.07 bits per heavy atom. The summed E-state index contributed by atoms with van der Waals surface area (Å²) in [6, 6.07) is 13.7. The van der Waals surface area contributed by atoms with Crippen LogP contribution in [0.4, 0.5) is 20.4 Å². The highest BCUT2D eigenvalue weighted by molar-refractivity contribution is 5.94. The number of aromatic nitrogens is 2. The summed E-state index contributed by atoms with van der Waals surface area (Å²) >= 11 is 0. The van der Waals surface area contributed by atoms with Crippen LogP contribution in [0.3, 0.4) is 0 Å². The number of rotatable bonds is 4. The molecule has 3 aromatic rings. The minimum absolute atomic E-state index is 0.0531. The van der Waals surface area contributed by atoms with Crippen LogP contribution in [-0.4, -0.2) is 33.9 Å². The van der Waals surface area contributed by atoms with E-state index in [2.05, 4.69) is 15.3 Å². The number of halogens is 2. The van der Waals surface area contributed by atoms with Crippen LogP contribution in [0.25, 0.3) is 0 Å². The fraction of sp³-hybridized carbons (Fsp3) is 0.227. The van der Waals surface area contributed by atoms with E-state index in [-0.39, 0.29) is 23.5 Å². The first-order chi connectivity index (χ1) is 14.1. The lowest BCUT2D eigenvalue weighted by Crippen LogP contribution is -2.39. The molecule has 4 rings (SSSR count). The van der Waals surface area contributed by atoms with E-state index in [1.165, 1.54) is 30.3 Å². The molecule has 0 spiro atoms. The van der Waals surface area contributed by atoms with E-state index in [1.54, 1.807) is 29.3 Å². The van der Waals surface area contributed by atoms with Gasteiger partial charge < -0.3 is 10.2 Å². The Bertz CT molecular complexity index is 1010. The zero-order valence-corrected chi connectivity index (χ0v) is 15.7. The number of hydrogen-bond donors (Lipinski definition) is 1. The van der Waals surface area contributed by atoms with Crippen LogP contribution in [0, 0.1) is 11.6 Å². The molecule has 1 saturated heterocycles. The van der Waals surface area contributed by atoms with Crippen LogP contribution in [0.1, 0.15) is 34.8 Å². The van der Waals surface area contributed by atoms with Crippen molar-refractivity contribution in [1.29, 1.82) is 0 Å². The highest BCUT2D eigenvalue weighted by atomic mass is 19.1. The Kier molecular flexibility index (Phi) is 5.46. The molecule has 0 aliphatic carbocycles. The molecule has 1 N–H and O–H groups in total. The van der Waals surface area contributed by atoms with Crippen LogP contribution >= 0.6 is 0 Å². The summed E-state index contributed by atoms with van der Waals surface area (Å²) in [5, 5.41) is 2.90. The van der Waals surface area contributed by atoms with E-state index in [4.69, 9.17) is 0 Å². The number of benzene rings is 2. The average molecular weight is 394 g/mol. The molecule has 1 aromatic heterocycles. The molecule has 0 bridgehead atoms. The lowest BCUT2D eigenvalue weighted by atomic mass is 9.94. The normalized spacial score (nSPS) is 16.5. The van der Waals surface area contributed by atoms with Crippen molar-refractivity contribution in [2.75, 3.05) is 18.4 Å². The second kappa shape index (κ2) is 8.34. The van der Waals surface area contributed by atoms with E-state index in [0.29, 0.717) is 30.3 Å². The van der Waals surface area contributed by atoms with Crippen LogP contribution < -0.4 is 5.32 Å². The number of hydrogen-bond acceptors (Lipinski definition) is 4. The van der Waals surface area contributed by atoms with Crippen molar-refractivity contribution in [2.24, 2.45) is 0 Å². The van der Waals surface area contributed by atoms with Crippen molar-refractivity contribution >= 4 is 17.5 Å². The van der Waals surface area contributed by atoms with Gasteiger partial charge in [-0.1, -0.05) is 12.1 Å². The predicted octanol–water partition coefficient (Wildman–Crippen LogP) is 4.52. The molecule has 1 unspecified atom stereocenters. The Labute approximate surface area is 167 Å². The molecule has 2 aromatic carbocycles. The highest BCUT2D eigenvalue weighted by Crippen LogP contribution is 2.27. The van der Waals surface area contributed by atoms with Gasteiger partial charge in [0, 0.05) is 30.8 Å². The summed E-state index contributed by atoms with van der Waals surface area (Å²) in [4.78, 5) is 23.2. The molecule has 7 heteroatoms. The van der Waals surface area contributed by atoms with Crippen molar-refractivity contribution < 1.29 is 13.6 Å². The largest absolute Gasteiger partial charge is 0.338 e. The molecule has 0 saturated carbocycles. The maximum absolute atomic E-state index is 13.9. The first kappa shape index (κ1) is 19.0. The van der Waals surface area contributed by atoms with Crippen LogP contribution in [0.2, 0.25) is 0 Å². The zero-order chi connectivity index (χ0) is 20.2. The van der Waals surface area contributed by atoms with Crippen LogP contribution in [0.5, 0.6) is 0 Å². The lowest BCUT2D eigenvalue weighted by Gasteiger charge is -2.32. The number of anilines is 2. The summed E-state index contributed by atoms with van der Waals surface area (Å²) in [5.74, 6) is -0.496. The number of carbonyl (C=O) groups is 1. The summed E-state index contributed by atoms with van der Waals surface area (Å²) in [7, 11) is 0. The smallest absolute Gasteiger partial charge is 0.253 e. The summed E-state index contributed by atoms with van der Waals surface area (Å²) in [6.07, 6.45) is 3.37. The minimum atomic E-state index is -0.379.